The van der Waals surface area contributed by atoms with E-state index in [0.717, 1.165) is 0 Å². The fraction of sp³-hybridized carbons (Fsp3) is 0.571. The zero-order chi connectivity index (χ0) is 12.9. The number of nitrogens with one attached hydrogen (secondary N) is 1. The first-order valence-corrected chi connectivity index (χ1v) is 6.22. The molecule has 0 radical (unpaired) electrons. The first kappa shape index (κ1) is 14.1. The van der Waals surface area contributed by atoms with Crippen molar-refractivity contribution in [1.29, 1.82) is 0 Å². The summed E-state index contributed by atoms with van der Waals surface area (Å²) in [6.45, 7) is 6.30. The lowest BCUT2D eigenvalue weighted by molar-refractivity contribution is 0.0302. The Kier molecular flexibility index (Phi) is 5.09. The molecule has 1 aromatic carbocycles. The highest BCUT2D eigenvalue weighted by atomic mass is 19.1. The van der Waals surface area contributed by atoms with Crippen LogP contribution in [0.15, 0.2) is 24.3 Å². The second-order valence-electron chi connectivity index (χ2n) is 4.56. The van der Waals surface area contributed by atoms with Gasteiger partial charge in [-0.1, -0.05) is 32.0 Å². The lowest BCUT2D eigenvalue weighted by Gasteiger charge is -2.27. The van der Waals surface area contributed by atoms with Gasteiger partial charge in [0.2, 0.25) is 0 Å². The van der Waals surface area contributed by atoms with E-state index in [4.69, 9.17) is 0 Å². The van der Waals surface area contributed by atoms with E-state index in [2.05, 4.69) is 5.32 Å². The van der Waals surface area contributed by atoms with E-state index in [1.807, 2.05) is 26.8 Å². The lowest BCUT2D eigenvalue weighted by atomic mass is 9.96. The van der Waals surface area contributed by atoms with Gasteiger partial charge in [0, 0.05) is 18.2 Å². The molecule has 0 unspecified atom stereocenters. The number of aliphatic hydroxyl groups is 1. The van der Waals surface area contributed by atoms with Crippen LogP contribution in [-0.4, -0.2) is 17.3 Å². The van der Waals surface area contributed by atoms with Crippen LogP contribution in [0.5, 0.6) is 0 Å². The van der Waals surface area contributed by atoms with Crippen molar-refractivity contribution < 1.29 is 9.50 Å². The molecule has 0 spiro atoms. The highest BCUT2D eigenvalue weighted by Crippen LogP contribution is 2.19. The maximum absolute atomic E-state index is 13.5. The minimum atomic E-state index is -0.695. The normalized spacial score (nSPS) is 13.7. The molecule has 0 heterocycles. The average molecular weight is 239 g/mol. The lowest BCUT2D eigenvalue weighted by Crippen LogP contribution is -2.40. The molecule has 0 aliphatic carbocycles. The predicted molar refractivity (Wildman–Crippen MR) is 68.3 cm³/mol. The molecular formula is C14H22FNO. The first-order valence-electron chi connectivity index (χ1n) is 6.22. The van der Waals surface area contributed by atoms with Crippen molar-refractivity contribution in [3.63, 3.8) is 0 Å². The summed E-state index contributed by atoms with van der Waals surface area (Å²) >= 11 is 0. The van der Waals surface area contributed by atoms with E-state index in [1.54, 1.807) is 12.1 Å². The highest BCUT2D eigenvalue weighted by molar-refractivity contribution is 5.20. The van der Waals surface area contributed by atoms with Crippen LogP contribution in [0.4, 0.5) is 4.39 Å². The quantitative estimate of drug-likeness (QED) is 0.799. The Morgan fingerprint density at radius 2 is 1.88 bits per heavy atom. The molecule has 0 saturated carbocycles. The average Bonchev–Trinajstić information content (AvgIpc) is 2.36. The van der Waals surface area contributed by atoms with Crippen molar-refractivity contribution in [2.24, 2.45) is 0 Å². The Morgan fingerprint density at radius 1 is 1.29 bits per heavy atom. The second kappa shape index (κ2) is 6.12. The summed E-state index contributed by atoms with van der Waals surface area (Å²) in [5, 5.41) is 13.3. The van der Waals surface area contributed by atoms with Crippen molar-refractivity contribution >= 4 is 0 Å². The van der Waals surface area contributed by atoms with E-state index in [-0.39, 0.29) is 11.9 Å². The number of benzene rings is 1. The Labute approximate surface area is 103 Å². The molecule has 0 aliphatic heterocycles. The van der Waals surface area contributed by atoms with Gasteiger partial charge in [-0.25, -0.2) is 4.39 Å². The van der Waals surface area contributed by atoms with Gasteiger partial charge in [0.15, 0.2) is 0 Å². The standard InChI is InChI=1S/C14H22FNO/c1-4-14(17,5-2)10-16-11(3)12-8-6-7-9-13(12)15/h6-9,11,16-17H,4-5,10H2,1-3H3/t11-/m1/s1. The van der Waals surface area contributed by atoms with Crippen LogP contribution in [0.3, 0.4) is 0 Å². The molecule has 3 heteroatoms. The molecule has 0 aliphatic rings. The SMILES string of the molecule is CCC(O)(CC)CN[C@H](C)c1ccccc1F. The van der Waals surface area contributed by atoms with E-state index >= 15 is 0 Å². The summed E-state index contributed by atoms with van der Waals surface area (Å²) in [4.78, 5) is 0. The maximum atomic E-state index is 13.5. The molecule has 1 rings (SSSR count). The smallest absolute Gasteiger partial charge is 0.127 e. The summed E-state index contributed by atoms with van der Waals surface area (Å²) in [6.07, 6.45) is 1.39. The van der Waals surface area contributed by atoms with Crippen LogP contribution in [0.25, 0.3) is 0 Å². The summed E-state index contributed by atoms with van der Waals surface area (Å²) in [5.74, 6) is -0.205. The summed E-state index contributed by atoms with van der Waals surface area (Å²) < 4.78 is 13.5. The molecular weight excluding hydrogens is 217 g/mol. The van der Waals surface area contributed by atoms with Gasteiger partial charge in [-0.3, -0.25) is 0 Å². The van der Waals surface area contributed by atoms with E-state index in [1.165, 1.54) is 6.07 Å². The molecule has 0 fully saturated rings. The molecule has 2 nitrogen and oxygen atoms in total. The molecule has 96 valence electrons. The third kappa shape index (κ3) is 3.79. The summed E-state index contributed by atoms with van der Waals surface area (Å²) in [7, 11) is 0. The summed E-state index contributed by atoms with van der Waals surface area (Å²) in [6, 6.07) is 6.63. The number of hydrogen-bond acceptors (Lipinski definition) is 2. The number of rotatable bonds is 6. The van der Waals surface area contributed by atoms with E-state index in [9.17, 15) is 9.50 Å². The van der Waals surface area contributed by atoms with Gasteiger partial charge < -0.3 is 10.4 Å². The van der Waals surface area contributed by atoms with Gasteiger partial charge in [-0.2, -0.15) is 0 Å². The van der Waals surface area contributed by atoms with Crippen molar-refractivity contribution in [3.05, 3.63) is 35.6 Å². The molecule has 0 aromatic heterocycles. The molecule has 0 bridgehead atoms. The molecule has 17 heavy (non-hydrogen) atoms. The predicted octanol–water partition coefficient (Wildman–Crippen LogP) is 3.03. The first-order chi connectivity index (χ1) is 8.02. The molecule has 2 N–H and O–H groups in total. The number of halogens is 1. The van der Waals surface area contributed by atoms with Gasteiger partial charge in [-0.15, -0.1) is 0 Å². The Balaban J connectivity index is 2.62. The van der Waals surface area contributed by atoms with E-state index < -0.39 is 5.60 Å². The minimum Gasteiger partial charge on any atom is -0.389 e. The fourth-order valence-electron chi connectivity index (χ4n) is 1.78. The van der Waals surface area contributed by atoms with Crippen LogP contribution in [0, 0.1) is 5.82 Å². The monoisotopic (exact) mass is 239 g/mol. The highest BCUT2D eigenvalue weighted by Gasteiger charge is 2.23. The van der Waals surface area contributed by atoms with E-state index in [0.29, 0.717) is 24.9 Å². The zero-order valence-corrected chi connectivity index (χ0v) is 10.8. The van der Waals surface area contributed by atoms with Gasteiger partial charge in [0.1, 0.15) is 5.82 Å². The Morgan fingerprint density at radius 3 is 2.41 bits per heavy atom. The minimum absolute atomic E-state index is 0.0965. The third-order valence-corrected chi connectivity index (χ3v) is 3.43. The van der Waals surface area contributed by atoms with Crippen molar-refractivity contribution in [2.45, 2.75) is 45.3 Å². The second-order valence-corrected chi connectivity index (χ2v) is 4.56. The fourth-order valence-corrected chi connectivity index (χ4v) is 1.78. The number of hydrogen-bond donors (Lipinski definition) is 2. The topological polar surface area (TPSA) is 32.3 Å². The van der Waals surface area contributed by atoms with Crippen molar-refractivity contribution in [1.82, 2.24) is 5.32 Å². The van der Waals surface area contributed by atoms with Gasteiger partial charge in [-0.05, 0) is 25.8 Å². The Bertz CT molecular complexity index is 350. The molecule has 0 amide bonds. The van der Waals surface area contributed by atoms with Crippen LogP contribution < -0.4 is 5.32 Å². The van der Waals surface area contributed by atoms with Crippen LogP contribution >= 0.6 is 0 Å². The van der Waals surface area contributed by atoms with Crippen LogP contribution in [0.1, 0.15) is 45.2 Å². The molecule has 1 aromatic rings. The molecule has 0 saturated heterocycles. The van der Waals surface area contributed by atoms with Crippen LogP contribution in [-0.2, 0) is 0 Å². The summed E-state index contributed by atoms with van der Waals surface area (Å²) in [5.41, 5.74) is -0.0541. The van der Waals surface area contributed by atoms with Gasteiger partial charge in [0.05, 0.1) is 5.60 Å². The van der Waals surface area contributed by atoms with Gasteiger partial charge in [0.25, 0.3) is 0 Å². The zero-order valence-electron chi connectivity index (χ0n) is 10.8. The van der Waals surface area contributed by atoms with Gasteiger partial charge >= 0.3 is 0 Å². The maximum Gasteiger partial charge on any atom is 0.127 e. The van der Waals surface area contributed by atoms with Crippen molar-refractivity contribution in [3.8, 4) is 0 Å². The van der Waals surface area contributed by atoms with Crippen molar-refractivity contribution in [2.75, 3.05) is 6.54 Å². The largest absolute Gasteiger partial charge is 0.389 e. The van der Waals surface area contributed by atoms with Crippen LogP contribution in [0.2, 0.25) is 0 Å². The Hall–Kier alpha value is -0.930. The molecule has 1 atom stereocenters. The third-order valence-electron chi connectivity index (χ3n) is 3.43.